The van der Waals surface area contributed by atoms with Crippen molar-refractivity contribution in [1.82, 2.24) is 24.9 Å². The summed E-state index contributed by atoms with van der Waals surface area (Å²) in [5.74, 6) is 2.82. The fourth-order valence-electron chi connectivity index (χ4n) is 3.42. The van der Waals surface area contributed by atoms with Gasteiger partial charge in [0, 0.05) is 43.9 Å². The summed E-state index contributed by atoms with van der Waals surface area (Å²) in [5, 5.41) is 11.8. The van der Waals surface area contributed by atoms with Gasteiger partial charge in [0.25, 0.3) is 0 Å². The maximum absolute atomic E-state index is 12.1. The van der Waals surface area contributed by atoms with E-state index in [4.69, 9.17) is 0 Å². The smallest absolute Gasteiger partial charge is 0.223 e. The molecule has 2 aromatic heterocycles. The molecule has 3 heterocycles. The minimum atomic E-state index is 0.118. The molecule has 2 aromatic rings. The number of piperidine rings is 1. The molecule has 1 aliphatic heterocycles. The zero-order valence-electron chi connectivity index (χ0n) is 14.1. The highest BCUT2D eigenvalue weighted by molar-refractivity contribution is 5.79. The van der Waals surface area contributed by atoms with Gasteiger partial charge in [-0.3, -0.25) is 9.20 Å². The molecule has 1 saturated carbocycles. The Labute approximate surface area is 141 Å². The number of nitrogens with one attached hydrogen (secondary N) is 1. The number of rotatable bonds is 5. The van der Waals surface area contributed by atoms with E-state index in [1.54, 1.807) is 0 Å². The van der Waals surface area contributed by atoms with Crippen LogP contribution in [0.25, 0.3) is 5.65 Å². The Morgan fingerprint density at radius 2 is 2.04 bits per heavy atom. The normalized spacial score (nSPS) is 19.0. The summed E-state index contributed by atoms with van der Waals surface area (Å²) < 4.78 is 2.08. The Hall–Kier alpha value is -2.18. The highest BCUT2D eigenvalue weighted by Crippen LogP contribution is 2.39. The van der Waals surface area contributed by atoms with Crippen LogP contribution < -0.4 is 10.2 Å². The summed E-state index contributed by atoms with van der Waals surface area (Å²) in [4.78, 5) is 18.9. The van der Waals surface area contributed by atoms with Crippen LogP contribution in [-0.4, -0.2) is 45.1 Å². The largest absolute Gasteiger partial charge is 0.356 e. The van der Waals surface area contributed by atoms with E-state index in [9.17, 15) is 4.79 Å². The second-order valence-electron chi connectivity index (χ2n) is 6.83. The number of hydrogen-bond donors (Lipinski definition) is 1. The van der Waals surface area contributed by atoms with Gasteiger partial charge in [0.15, 0.2) is 5.82 Å². The number of anilines is 1. The molecule has 0 bridgehead atoms. The predicted octanol–water partition coefficient (Wildman–Crippen LogP) is 1.74. The van der Waals surface area contributed by atoms with Gasteiger partial charge in [-0.05, 0) is 32.1 Å². The van der Waals surface area contributed by atoms with Crippen molar-refractivity contribution in [2.24, 2.45) is 5.92 Å². The molecule has 0 aromatic carbocycles. The van der Waals surface area contributed by atoms with Crippen molar-refractivity contribution in [2.45, 2.75) is 44.9 Å². The lowest BCUT2D eigenvalue weighted by Gasteiger charge is -2.32. The third-order valence-electron chi connectivity index (χ3n) is 4.99. The van der Waals surface area contributed by atoms with E-state index in [0.717, 1.165) is 56.2 Å². The van der Waals surface area contributed by atoms with Crippen LogP contribution in [0, 0.1) is 5.92 Å². The molecule has 1 saturated heterocycles. The van der Waals surface area contributed by atoms with Crippen molar-refractivity contribution in [2.75, 3.05) is 24.5 Å². The number of fused-ring (bicyclic) bond motifs is 1. The first-order valence-electron chi connectivity index (χ1n) is 9.00. The van der Waals surface area contributed by atoms with Gasteiger partial charge in [0.2, 0.25) is 11.6 Å². The molecule has 1 N–H and O–H groups in total. The topological polar surface area (TPSA) is 75.4 Å². The van der Waals surface area contributed by atoms with Crippen molar-refractivity contribution < 1.29 is 4.79 Å². The molecule has 0 atom stereocenters. The first-order chi connectivity index (χ1) is 11.8. The molecule has 0 spiro atoms. The number of aromatic nitrogens is 4. The first kappa shape index (κ1) is 15.4. The maximum Gasteiger partial charge on any atom is 0.223 e. The highest BCUT2D eigenvalue weighted by Gasteiger charge is 2.31. The third-order valence-corrected chi connectivity index (χ3v) is 4.99. The molecule has 128 valence electrons. The molecule has 7 nitrogen and oxygen atoms in total. The lowest BCUT2D eigenvalue weighted by atomic mass is 9.96. The standard InChI is InChI=1S/C17H24N6O/c1-2-7-19-17(24)13-5-9-22(10-6-13)15-16-21-20-14(12-3-4-12)23(16)11-8-18-15/h8,11-13H,2-7,9-10H2,1H3,(H,19,24). The van der Waals surface area contributed by atoms with Crippen LogP contribution in [0.3, 0.4) is 0 Å². The van der Waals surface area contributed by atoms with Crippen LogP contribution in [-0.2, 0) is 4.79 Å². The highest BCUT2D eigenvalue weighted by atomic mass is 16.1. The summed E-state index contributed by atoms with van der Waals surface area (Å²) in [5.41, 5.74) is 0.841. The van der Waals surface area contributed by atoms with Crippen molar-refractivity contribution in [3.05, 3.63) is 18.2 Å². The lowest BCUT2D eigenvalue weighted by molar-refractivity contribution is -0.125. The molecule has 7 heteroatoms. The number of carbonyl (C=O) groups excluding carboxylic acids is 1. The van der Waals surface area contributed by atoms with Gasteiger partial charge >= 0.3 is 0 Å². The van der Waals surface area contributed by atoms with Crippen LogP contribution >= 0.6 is 0 Å². The van der Waals surface area contributed by atoms with Gasteiger partial charge in [-0.15, -0.1) is 10.2 Å². The average molecular weight is 328 g/mol. The van der Waals surface area contributed by atoms with Crippen LogP contribution in [0.4, 0.5) is 5.82 Å². The van der Waals surface area contributed by atoms with Crippen molar-refractivity contribution in [1.29, 1.82) is 0 Å². The molecule has 2 aliphatic rings. The summed E-state index contributed by atoms with van der Waals surface area (Å²) in [6, 6.07) is 0. The molecular formula is C17H24N6O. The van der Waals surface area contributed by atoms with Gasteiger partial charge in [-0.1, -0.05) is 6.92 Å². The van der Waals surface area contributed by atoms with E-state index in [1.165, 1.54) is 12.8 Å². The van der Waals surface area contributed by atoms with Gasteiger partial charge in [0.1, 0.15) is 5.82 Å². The quantitative estimate of drug-likeness (QED) is 0.905. The molecular weight excluding hydrogens is 304 g/mol. The van der Waals surface area contributed by atoms with Crippen molar-refractivity contribution >= 4 is 17.4 Å². The molecule has 1 amide bonds. The Morgan fingerprint density at radius 3 is 2.75 bits per heavy atom. The van der Waals surface area contributed by atoms with E-state index < -0.39 is 0 Å². The Kier molecular flexibility index (Phi) is 4.08. The number of amides is 1. The van der Waals surface area contributed by atoms with E-state index >= 15 is 0 Å². The second-order valence-corrected chi connectivity index (χ2v) is 6.83. The zero-order chi connectivity index (χ0) is 16.5. The number of carbonyl (C=O) groups is 1. The SMILES string of the molecule is CCCNC(=O)C1CCN(c2nccn3c(C4CC4)nnc23)CC1. The summed E-state index contributed by atoms with van der Waals surface area (Å²) in [6.45, 7) is 4.51. The van der Waals surface area contributed by atoms with Gasteiger partial charge < -0.3 is 10.2 Å². The molecule has 2 fully saturated rings. The fourth-order valence-corrected chi connectivity index (χ4v) is 3.42. The third kappa shape index (κ3) is 2.83. The minimum absolute atomic E-state index is 0.118. The zero-order valence-corrected chi connectivity index (χ0v) is 14.1. The molecule has 4 rings (SSSR count). The first-order valence-corrected chi connectivity index (χ1v) is 9.00. The summed E-state index contributed by atoms with van der Waals surface area (Å²) in [7, 11) is 0. The second kappa shape index (κ2) is 6.37. The summed E-state index contributed by atoms with van der Waals surface area (Å²) >= 11 is 0. The van der Waals surface area contributed by atoms with Crippen LogP contribution in [0.2, 0.25) is 0 Å². The average Bonchev–Trinajstić information content (AvgIpc) is 3.38. The van der Waals surface area contributed by atoms with Gasteiger partial charge in [0.05, 0.1) is 0 Å². The van der Waals surface area contributed by atoms with Gasteiger partial charge in [-0.25, -0.2) is 4.98 Å². The van der Waals surface area contributed by atoms with E-state index in [1.807, 2.05) is 12.4 Å². The molecule has 1 aliphatic carbocycles. The van der Waals surface area contributed by atoms with Crippen LogP contribution in [0.1, 0.15) is 50.8 Å². The van der Waals surface area contributed by atoms with Crippen molar-refractivity contribution in [3.8, 4) is 0 Å². The van der Waals surface area contributed by atoms with E-state index in [2.05, 4.69) is 36.7 Å². The fraction of sp³-hybridized carbons (Fsp3) is 0.647. The number of hydrogen-bond acceptors (Lipinski definition) is 5. The van der Waals surface area contributed by atoms with Crippen molar-refractivity contribution in [3.63, 3.8) is 0 Å². The molecule has 0 radical (unpaired) electrons. The Balaban J connectivity index is 1.48. The monoisotopic (exact) mass is 328 g/mol. The van der Waals surface area contributed by atoms with Crippen LogP contribution in [0.15, 0.2) is 12.4 Å². The summed E-state index contributed by atoms with van der Waals surface area (Å²) in [6.07, 6.45) is 8.90. The Morgan fingerprint density at radius 1 is 1.25 bits per heavy atom. The Bertz CT molecular complexity index is 730. The predicted molar refractivity (Wildman–Crippen MR) is 91.0 cm³/mol. The maximum atomic E-state index is 12.1. The van der Waals surface area contributed by atoms with Crippen LogP contribution in [0.5, 0.6) is 0 Å². The van der Waals surface area contributed by atoms with Gasteiger partial charge in [-0.2, -0.15) is 0 Å². The van der Waals surface area contributed by atoms with E-state index in [-0.39, 0.29) is 11.8 Å². The lowest BCUT2D eigenvalue weighted by Crippen LogP contribution is -2.41. The molecule has 0 unspecified atom stereocenters. The number of nitrogens with zero attached hydrogens (tertiary/aromatic N) is 5. The molecule has 24 heavy (non-hydrogen) atoms. The van der Waals surface area contributed by atoms with E-state index in [0.29, 0.717) is 5.92 Å². The minimum Gasteiger partial charge on any atom is -0.356 e.